The average Bonchev–Trinajstić information content (AvgIpc) is 3.42. The van der Waals surface area contributed by atoms with E-state index in [1.807, 2.05) is 18.2 Å². The number of nitrogens with one attached hydrogen (secondary N) is 1. The molecule has 2 aliphatic rings. The van der Waals surface area contributed by atoms with E-state index in [0.29, 0.717) is 19.8 Å². The summed E-state index contributed by atoms with van der Waals surface area (Å²) in [4.78, 5) is 14.6. The topological polar surface area (TPSA) is 85.4 Å². The second-order valence-corrected chi connectivity index (χ2v) is 6.93. The number of aromatic nitrogens is 3. The van der Waals surface area contributed by atoms with Gasteiger partial charge in [-0.1, -0.05) is 6.08 Å². The number of fused-ring (bicyclic) bond motifs is 1. The van der Waals surface area contributed by atoms with Gasteiger partial charge in [0.15, 0.2) is 5.82 Å². The van der Waals surface area contributed by atoms with E-state index in [1.165, 1.54) is 0 Å². The first-order chi connectivity index (χ1) is 13.3. The Labute approximate surface area is 158 Å². The molecule has 8 heteroatoms. The molecule has 4 rings (SSSR count). The molecule has 2 aromatic heterocycles. The van der Waals surface area contributed by atoms with Crippen LogP contribution in [0.15, 0.2) is 28.9 Å². The Hall–Kier alpha value is -2.45. The molecule has 0 aliphatic carbocycles. The van der Waals surface area contributed by atoms with Crippen molar-refractivity contribution in [2.45, 2.75) is 25.9 Å². The molecule has 1 N–H and O–H groups in total. The summed E-state index contributed by atoms with van der Waals surface area (Å²) >= 11 is 0. The van der Waals surface area contributed by atoms with Gasteiger partial charge in [0.1, 0.15) is 11.6 Å². The highest BCUT2D eigenvalue weighted by Crippen LogP contribution is 2.13. The first kappa shape index (κ1) is 17.9. The van der Waals surface area contributed by atoms with Gasteiger partial charge < -0.3 is 19.0 Å². The summed E-state index contributed by atoms with van der Waals surface area (Å²) in [6.07, 6.45) is 7.45. The van der Waals surface area contributed by atoms with Crippen LogP contribution in [0.2, 0.25) is 0 Å². The van der Waals surface area contributed by atoms with Gasteiger partial charge in [-0.05, 0) is 24.6 Å². The highest BCUT2D eigenvalue weighted by molar-refractivity contribution is 5.78. The van der Waals surface area contributed by atoms with Gasteiger partial charge in [-0.25, -0.2) is 0 Å². The van der Waals surface area contributed by atoms with Crippen LogP contribution in [0.4, 0.5) is 0 Å². The number of hydrogen-bond donors (Lipinski definition) is 1. The average molecular weight is 371 g/mol. The third kappa shape index (κ3) is 4.45. The zero-order valence-corrected chi connectivity index (χ0v) is 15.3. The molecule has 27 heavy (non-hydrogen) atoms. The number of carbonyl (C=O) groups excluding carboxylic acids is 1. The van der Waals surface area contributed by atoms with E-state index in [1.54, 1.807) is 6.26 Å². The molecule has 2 aliphatic heterocycles. The number of furan rings is 1. The van der Waals surface area contributed by atoms with Crippen LogP contribution in [0.1, 0.15) is 23.8 Å². The fourth-order valence-corrected chi connectivity index (χ4v) is 3.50. The Balaban J connectivity index is 1.29. The first-order valence-electron chi connectivity index (χ1n) is 9.48. The lowest BCUT2D eigenvalue weighted by molar-refractivity contribution is -0.125. The molecular weight excluding hydrogens is 346 g/mol. The minimum Gasteiger partial charge on any atom is -0.465 e. The molecule has 1 saturated heterocycles. The van der Waals surface area contributed by atoms with Crippen molar-refractivity contribution in [1.82, 2.24) is 25.0 Å². The summed E-state index contributed by atoms with van der Waals surface area (Å²) in [6, 6.07) is 3.83. The third-order valence-electron chi connectivity index (χ3n) is 5.11. The molecule has 0 aromatic carbocycles. The van der Waals surface area contributed by atoms with E-state index in [9.17, 15) is 4.79 Å². The largest absolute Gasteiger partial charge is 0.465 e. The lowest BCUT2D eigenvalue weighted by atomic mass is 10.1. The molecule has 1 amide bonds. The number of hydrogen-bond acceptors (Lipinski definition) is 6. The Morgan fingerprint density at radius 1 is 1.33 bits per heavy atom. The van der Waals surface area contributed by atoms with Gasteiger partial charge in [-0.2, -0.15) is 0 Å². The number of ether oxygens (including phenoxy) is 1. The highest BCUT2D eigenvalue weighted by Gasteiger charge is 2.24. The normalized spacial score (nSPS) is 20.7. The number of rotatable bonds is 6. The van der Waals surface area contributed by atoms with Crippen molar-refractivity contribution in [2.24, 2.45) is 5.92 Å². The molecule has 1 fully saturated rings. The summed E-state index contributed by atoms with van der Waals surface area (Å²) in [6.45, 7) is 5.16. The molecule has 4 heterocycles. The van der Waals surface area contributed by atoms with E-state index in [4.69, 9.17) is 9.15 Å². The lowest BCUT2D eigenvalue weighted by Crippen LogP contribution is -2.32. The summed E-state index contributed by atoms with van der Waals surface area (Å²) in [5, 5.41) is 11.6. The van der Waals surface area contributed by atoms with E-state index in [-0.39, 0.29) is 11.8 Å². The van der Waals surface area contributed by atoms with Gasteiger partial charge in [0, 0.05) is 39.2 Å². The molecular formula is C19H25N5O3. The van der Waals surface area contributed by atoms with E-state index < -0.39 is 0 Å². The van der Waals surface area contributed by atoms with Crippen molar-refractivity contribution in [2.75, 3.05) is 32.8 Å². The second kappa shape index (κ2) is 8.49. The quantitative estimate of drug-likeness (QED) is 0.818. The van der Waals surface area contributed by atoms with Gasteiger partial charge in [0.05, 0.1) is 25.3 Å². The Bertz CT molecular complexity index is 777. The van der Waals surface area contributed by atoms with Gasteiger partial charge >= 0.3 is 0 Å². The number of carbonyl (C=O) groups is 1. The Morgan fingerprint density at radius 2 is 2.30 bits per heavy atom. The van der Waals surface area contributed by atoms with Gasteiger partial charge in [-0.3, -0.25) is 9.69 Å². The Morgan fingerprint density at radius 3 is 3.11 bits per heavy atom. The predicted octanol–water partition coefficient (Wildman–Crippen LogP) is 1.10. The van der Waals surface area contributed by atoms with Crippen LogP contribution in [0.5, 0.6) is 0 Å². The van der Waals surface area contributed by atoms with Crippen molar-refractivity contribution in [3.63, 3.8) is 0 Å². The third-order valence-corrected chi connectivity index (χ3v) is 5.11. The number of amides is 1. The zero-order chi connectivity index (χ0) is 18.5. The fourth-order valence-electron chi connectivity index (χ4n) is 3.50. The minimum atomic E-state index is -0.0343. The van der Waals surface area contributed by atoms with Gasteiger partial charge in [0.2, 0.25) is 5.91 Å². The summed E-state index contributed by atoms with van der Waals surface area (Å²) < 4.78 is 12.7. The van der Waals surface area contributed by atoms with Crippen LogP contribution in [0, 0.1) is 5.92 Å². The van der Waals surface area contributed by atoms with Crippen molar-refractivity contribution in [1.29, 1.82) is 0 Å². The number of nitrogens with zero attached hydrogens (tertiary/aromatic N) is 4. The molecule has 0 bridgehead atoms. The molecule has 1 atom stereocenters. The standard InChI is InChI=1S/C19H25N5O3/c25-19(15-6-12-26-14-15)20-13-18-22-21-17-5-8-23(9-10-24(17)18)7-1-3-16-4-2-11-27-16/h1-4,11,15H,5-10,12-14H2,(H,20,25)/b3-1+/t15-/m0/s1. The van der Waals surface area contributed by atoms with E-state index in [2.05, 4.69) is 31.1 Å². The minimum absolute atomic E-state index is 0.0343. The van der Waals surface area contributed by atoms with E-state index >= 15 is 0 Å². The van der Waals surface area contributed by atoms with Crippen LogP contribution >= 0.6 is 0 Å². The van der Waals surface area contributed by atoms with Gasteiger partial charge in [0.25, 0.3) is 0 Å². The van der Waals surface area contributed by atoms with Gasteiger partial charge in [-0.15, -0.1) is 10.2 Å². The molecule has 0 spiro atoms. The maximum absolute atomic E-state index is 12.2. The van der Waals surface area contributed by atoms with Crippen molar-refractivity contribution in [3.05, 3.63) is 41.9 Å². The predicted molar refractivity (Wildman–Crippen MR) is 98.7 cm³/mol. The van der Waals surface area contributed by atoms with Crippen molar-refractivity contribution >= 4 is 12.0 Å². The van der Waals surface area contributed by atoms with Crippen LogP contribution in [0.25, 0.3) is 6.08 Å². The van der Waals surface area contributed by atoms with E-state index in [0.717, 1.165) is 56.4 Å². The van der Waals surface area contributed by atoms with Crippen LogP contribution in [-0.4, -0.2) is 58.4 Å². The Kier molecular flexibility index (Phi) is 5.64. The summed E-state index contributed by atoms with van der Waals surface area (Å²) in [7, 11) is 0. The maximum atomic E-state index is 12.2. The van der Waals surface area contributed by atoms with Crippen LogP contribution in [0.3, 0.4) is 0 Å². The molecule has 144 valence electrons. The van der Waals surface area contributed by atoms with Crippen molar-refractivity contribution < 1.29 is 13.9 Å². The maximum Gasteiger partial charge on any atom is 0.225 e. The molecule has 8 nitrogen and oxygen atoms in total. The summed E-state index contributed by atoms with van der Waals surface area (Å²) in [5.74, 6) is 2.69. The molecule has 0 unspecified atom stereocenters. The SMILES string of the molecule is O=C(NCc1nnc2n1CCN(C/C=C/c1ccco1)CC2)[C@H]1CCOC1. The zero-order valence-electron chi connectivity index (χ0n) is 15.3. The fraction of sp³-hybridized carbons (Fsp3) is 0.526. The monoisotopic (exact) mass is 371 g/mol. The summed E-state index contributed by atoms with van der Waals surface area (Å²) in [5.41, 5.74) is 0. The first-order valence-corrected chi connectivity index (χ1v) is 9.48. The molecule has 2 aromatic rings. The van der Waals surface area contributed by atoms with Crippen LogP contribution in [-0.2, 0) is 29.0 Å². The second-order valence-electron chi connectivity index (χ2n) is 6.93. The lowest BCUT2D eigenvalue weighted by Gasteiger charge is -2.17. The highest BCUT2D eigenvalue weighted by atomic mass is 16.5. The smallest absolute Gasteiger partial charge is 0.225 e. The van der Waals surface area contributed by atoms with Crippen LogP contribution < -0.4 is 5.32 Å². The molecule has 0 radical (unpaired) electrons. The van der Waals surface area contributed by atoms with Crippen molar-refractivity contribution in [3.8, 4) is 0 Å². The molecule has 0 saturated carbocycles.